The number of unbranched alkanes of at least 4 members (excludes halogenated alkanes) is 1. The molecule has 0 saturated heterocycles. The largest absolute Gasteiger partial charge is 0.379 e. The summed E-state index contributed by atoms with van der Waals surface area (Å²) < 4.78 is 11.8. The van der Waals surface area contributed by atoms with Crippen molar-refractivity contribution in [3.63, 3.8) is 0 Å². The van der Waals surface area contributed by atoms with E-state index in [9.17, 15) is 0 Å². The van der Waals surface area contributed by atoms with Crippen LogP contribution < -0.4 is 5.32 Å². The highest BCUT2D eigenvalue weighted by atomic mass is 16.5. The first kappa shape index (κ1) is 17.9. The van der Waals surface area contributed by atoms with Crippen molar-refractivity contribution in [1.29, 1.82) is 0 Å². The van der Waals surface area contributed by atoms with Gasteiger partial charge in [0, 0.05) is 13.2 Å². The molecule has 1 fully saturated rings. The second-order valence-corrected chi connectivity index (χ2v) is 6.26. The first-order chi connectivity index (χ1) is 9.76. The highest BCUT2D eigenvalue weighted by molar-refractivity contribution is 4.89. The Hall–Kier alpha value is -0.120. The van der Waals surface area contributed by atoms with Crippen molar-refractivity contribution in [3.05, 3.63) is 0 Å². The van der Waals surface area contributed by atoms with Crippen molar-refractivity contribution in [3.8, 4) is 0 Å². The molecule has 0 bridgehead atoms. The monoisotopic (exact) mass is 285 g/mol. The summed E-state index contributed by atoms with van der Waals surface area (Å²) in [5.41, 5.74) is 0.0626. The lowest BCUT2D eigenvalue weighted by molar-refractivity contribution is -0.0923. The van der Waals surface area contributed by atoms with Crippen molar-refractivity contribution in [2.45, 2.75) is 70.8 Å². The highest BCUT2D eigenvalue weighted by Crippen LogP contribution is 2.36. The third-order valence-corrected chi connectivity index (χ3v) is 4.49. The fourth-order valence-corrected chi connectivity index (χ4v) is 3.26. The molecule has 1 aliphatic carbocycles. The average molecular weight is 285 g/mol. The van der Waals surface area contributed by atoms with E-state index in [2.05, 4.69) is 19.2 Å². The normalized spacial score (nSPS) is 26.9. The molecule has 0 heterocycles. The molecule has 20 heavy (non-hydrogen) atoms. The maximum Gasteiger partial charge on any atom is 0.0807 e. The van der Waals surface area contributed by atoms with Crippen molar-refractivity contribution in [2.24, 2.45) is 5.92 Å². The predicted molar refractivity (Wildman–Crippen MR) is 85.2 cm³/mol. The highest BCUT2D eigenvalue weighted by Gasteiger charge is 2.35. The molecule has 0 atom stereocenters. The standard InChI is InChI=1S/C17H35NO2/c1-4-6-12-19-13-14-20-17(15-18-3)10-8-16(7-5-2)9-11-17/h16,18H,4-15H2,1-3H3. The summed E-state index contributed by atoms with van der Waals surface area (Å²) in [6.45, 7) is 7.81. The van der Waals surface area contributed by atoms with E-state index >= 15 is 0 Å². The molecular weight excluding hydrogens is 250 g/mol. The number of hydrogen-bond donors (Lipinski definition) is 1. The van der Waals surface area contributed by atoms with Gasteiger partial charge in [-0.3, -0.25) is 0 Å². The van der Waals surface area contributed by atoms with Crippen molar-refractivity contribution < 1.29 is 9.47 Å². The molecule has 3 nitrogen and oxygen atoms in total. The van der Waals surface area contributed by atoms with Gasteiger partial charge in [0.1, 0.15) is 0 Å². The summed E-state index contributed by atoms with van der Waals surface area (Å²) in [5, 5.41) is 3.32. The van der Waals surface area contributed by atoms with E-state index in [4.69, 9.17) is 9.47 Å². The lowest BCUT2D eigenvalue weighted by atomic mass is 9.77. The molecule has 0 unspecified atom stereocenters. The van der Waals surface area contributed by atoms with Crippen LogP contribution >= 0.6 is 0 Å². The quantitative estimate of drug-likeness (QED) is 0.586. The third kappa shape index (κ3) is 6.55. The molecule has 1 saturated carbocycles. The summed E-state index contributed by atoms with van der Waals surface area (Å²) in [4.78, 5) is 0. The van der Waals surface area contributed by atoms with Crippen LogP contribution in [-0.4, -0.2) is 39.0 Å². The second-order valence-electron chi connectivity index (χ2n) is 6.26. The van der Waals surface area contributed by atoms with Gasteiger partial charge < -0.3 is 14.8 Å². The Kier molecular flexibility index (Phi) is 9.49. The van der Waals surface area contributed by atoms with Crippen molar-refractivity contribution in [2.75, 3.05) is 33.4 Å². The molecule has 0 spiro atoms. The first-order valence-electron chi connectivity index (χ1n) is 8.62. The van der Waals surface area contributed by atoms with E-state index in [1.54, 1.807) is 0 Å². The minimum absolute atomic E-state index is 0.0626. The van der Waals surface area contributed by atoms with Gasteiger partial charge >= 0.3 is 0 Å². The number of hydrogen-bond acceptors (Lipinski definition) is 3. The van der Waals surface area contributed by atoms with Crippen LogP contribution in [0.2, 0.25) is 0 Å². The summed E-state index contributed by atoms with van der Waals surface area (Å²) >= 11 is 0. The van der Waals surface area contributed by atoms with Crippen molar-refractivity contribution >= 4 is 0 Å². The van der Waals surface area contributed by atoms with E-state index < -0.39 is 0 Å². The predicted octanol–water partition coefficient (Wildman–Crippen LogP) is 3.77. The van der Waals surface area contributed by atoms with Crippen LogP contribution in [0.5, 0.6) is 0 Å². The van der Waals surface area contributed by atoms with Crippen LogP contribution in [-0.2, 0) is 9.47 Å². The number of likely N-dealkylation sites (N-methyl/N-ethyl adjacent to an activating group) is 1. The molecule has 0 radical (unpaired) electrons. The Morgan fingerprint density at radius 2 is 1.80 bits per heavy atom. The van der Waals surface area contributed by atoms with Gasteiger partial charge in [-0.1, -0.05) is 33.1 Å². The molecule has 1 aliphatic rings. The minimum atomic E-state index is 0.0626. The van der Waals surface area contributed by atoms with Crippen LogP contribution in [0.4, 0.5) is 0 Å². The molecule has 1 N–H and O–H groups in total. The van der Waals surface area contributed by atoms with Crippen LogP contribution in [0.1, 0.15) is 65.2 Å². The molecule has 0 aromatic heterocycles. The summed E-state index contributed by atoms with van der Waals surface area (Å²) in [6.07, 6.45) is 10.1. The lowest BCUT2D eigenvalue weighted by Gasteiger charge is -2.40. The number of rotatable bonds is 11. The molecule has 1 rings (SSSR count). The Balaban J connectivity index is 2.25. The fraction of sp³-hybridized carbons (Fsp3) is 1.00. The van der Waals surface area contributed by atoms with Gasteiger partial charge in [-0.25, -0.2) is 0 Å². The molecule has 3 heteroatoms. The maximum atomic E-state index is 6.23. The molecule has 0 aliphatic heterocycles. The van der Waals surface area contributed by atoms with Gasteiger partial charge in [0.2, 0.25) is 0 Å². The topological polar surface area (TPSA) is 30.5 Å². The molecule has 0 aromatic carbocycles. The summed E-state index contributed by atoms with van der Waals surface area (Å²) in [7, 11) is 2.03. The molecule has 0 aromatic rings. The van der Waals surface area contributed by atoms with E-state index in [1.165, 1.54) is 44.9 Å². The third-order valence-electron chi connectivity index (χ3n) is 4.49. The Labute approximate surface area is 125 Å². The van der Waals surface area contributed by atoms with Crippen LogP contribution in [0.3, 0.4) is 0 Å². The van der Waals surface area contributed by atoms with E-state index in [-0.39, 0.29) is 5.60 Å². The van der Waals surface area contributed by atoms with Gasteiger partial charge in [0.25, 0.3) is 0 Å². The van der Waals surface area contributed by atoms with E-state index in [0.29, 0.717) is 0 Å². The number of ether oxygens (including phenoxy) is 2. The zero-order valence-electron chi connectivity index (χ0n) is 13.9. The zero-order chi connectivity index (χ0) is 14.7. The maximum absolute atomic E-state index is 6.23. The second kappa shape index (κ2) is 10.6. The Morgan fingerprint density at radius 3 is 2.40 bits per heavy atom. The Bertz CT molecular complexity index is 225. The molecule has 120 valence electrons. The van der Waals surface area contributed by atoms with E-state index in [0.717, 1.165) is 38.7 Å². The minimum Gasteiger partial charge on any atom is -0.379 e. The molecular formula is C17H35NO2. The lowest BCUT2D eigenvalue weighted by Crippen LogP contribution is -2.45. The van der Waals surface area contributed by atoms with Gasteiger partial charge in [-0.15, -0.1) is 0 Å². The SMILES string of the molecule is CCCCOCCOC1(CNC)CCC(CCC)CC1. The van der Waals surface area contributed by atoms with Gasteiger partial charge in [-0.05, 0) is 45.1 Å². The molecule has 0 amide bonds. The summed E-state index contributed by atoms with van der Waals surface area (Å²) in [6, 6.07) is 0. The number of nitrogens with one attached hydrogen (secondary N) is 1. The summed E-state index contributed by atoms with van der Waals surface area (Å²) in [5.74, 6) is 0.925. The van der Waals surface area contributed by atoms with Gasteiger partial charge in [0.15, 0.2) is 0 Å². The van der Waals surface area contributed by atoms with Crippen molar-refractivity contribution in [1.82, 2.24) is 5.32 Å². The smallest absolute Gasteiger partial charge is 0.0807 e. The Morgan fingerprint density at radius 1 is 1.05 bits per heavy atom. The van der Waals surface area contributed by atoms with Gasteiger partial charge in [-0.2, -0.15) is 0 Å². The zero-order valence-corrected chi connectivity index (χ0v) is 13.9. The van der Waals surface area contributed by atoms with Crippen LogP contribution in [0, 0.1) is 5.92 Å². The first-order valence-corrected chi connectivity index (χ1v) is 8.62. The van der Waals surface area contributed by atoms with Crippen LogP contribution in [0.25, 0.3) is 0 Å². The van der Waals surface area contributed by atoms with Gasteiger partial charge in [0.05, 0.1) is 18.8 Å². The van der Waals surface area contributed by atoms with E-state index in [1.807, 2.05) is 7.05 Å². The van der Waals surface area contributed by atoms with Crippen LogP contribution in [0.15, 0.2) is 0 Å². The average Bonchev–Trinajstić information content (AvgIpc) is 2.46. The fourth-order valence-electron chi connectivity index (χ4n) is 3.26.